The van der Waals surface area contributed by atoms with E-state index in [1.54, 1.807) is 24.1 Å². The number of benzene rings is 2. The van der Waals surface area contributed by atoms with Crippen molar-refractivity contribution in [3.05, 3.63) is 54.1 Å². The Hall–Kier alpha value is -3.22. The lowest BCUT2D eigenvalue weighted by atomic mass is 10.0. The predicted octanol–water partition coefficient (Wildman–Crippen LogP) is 3.86. The maximum atomic E-state index is 12.3. The van der Waals surface area contributed by atoms with Crippen molar-refractivity contribution < 1.29 is 14.3 Å². The van der Waals surface area contributed by atoms with Gasteiger partial charge in [-0.05, 0) is 60.7 Å². The molecule has 1 aliphatic carbocycles. The molecule has 4 rings (SSSR count). The van der Waals surface area contributed by atoms with Crippen LogP contribution in [-0.2, 0) is 0 Å². The molecule has 29 heavy (non-hydrogen) atoms. The van der Waals surface area contributed by atoms with Gasteiger partial charge in [0.2, 0.25) is 0 Å². The number of likely N-dealkylation sites (tertiary alicyclic amines) is 1. The maximum absolute atomic E-state index is 12.3. The third-order valence-corrected chi connectivity index (χ3v) is 5.28. The van der Waals surface area contributed by atoms with Crippen molar-refractivity contribution in [1.29, 1.82) is 0 Å². The highest BCUT2D eigenvalue weighted by molar-refractivity contribution is 5.90. The van der Waals surface area contributed by atoms with E-state index in [-0.39, 0.29) is 12.1 Å². The summed E-state index contributed by atoms with van der Waals surface area (Å²) in [4.78, 5) is 25.4. The van der Waals surface area contributed by atoms with E-state index in [4.69, 9.17) is 4.74 Å². The molecule has 7 heteroatoms. The molecule has 0 unspecified atom stereocenters. The lowest BCUT2D eigenvalue weighted by Gasteiger charge is -2.38. The van der Waals surface area contributed by atoms with E-state index in [9.17, 15) is 9.59 Å². The highest BCUT2D eigenvalue weighted by Gasteiger charge is 2.31. The van der Waals surface area contributed by atoms with Gasteiger partial charge in [-0.15, -0.1) is 0 Å². The summed E-state index contributed by atoms with van der Waals surface area (Å²) < 4.78 is 5.80. The van der Waals surface area contributed by atoms with E-state index in [0.29, 0.717) is 31.3 Å². The maximum Gasteiger partial charge on any atom is 0.321 e. The number of anilines is 2. The molecular weight excluding hydrogens is 368 g/mol. The Morgan fingerprint density at radius 3 is 2.21 bits per heavy atom. The Labute approximate surface area is 170 Å². The Morgan fingerprint density at radius 1 is 0.966 bits per heavy atom. The van der Waals surface area contributed by atoms with Gasteiger partial charge in [0.05, 0.1) is 6.61 Å². The molecule has 152 valence electrons. The van der Waals surface area contributed by atoms with Crippen molar-refractivity contribution in [3.63, 3.8) is 0 Å². The number of carbonyl (C=O) groups excluding carboxylic acids is 2. The zero-order chi connectivity index (χ0) is 20.2. The number of hydrogen-bond acceptors (Lipinski definition) is 3. The lowest BCUT2D eigenvalue weighted by Crippen LogP contribution is -2.53. The van der Waals surface area contributed by atoms with Gasteiger partial charge in [-0.25, -0.2) is 9.59 Å². The zero-order valence-corrected chi connectivity index (χ0v) is 16.5. The van der Waals surface area contributed by atoms with Crippen molar-refractivity contribution in [2.75, 3.05) is 37.4 Å². The first kappa shape index (κ1) is 19.1. The van der Waals surface area contributed by atoms with Gasteiger partial charge in [0.25, 0.3) is 0 Å². The normalized spacial score (nSPS) is 16.0. The topological polar surface area (TPSA) is 82.7 Å². The number of nitrogens with zero attached hydrogens (tertiary/aromatic N) is 1. The van der Waals surface area contributed by atoms with Crippen LogP contribution in [0, 0.1) is 5.92 Å². The molecule has 1 saturated heterocycles. The molecule has 2 aromatic rings. The largest absolute Gasteiger partial charge is 0.493 e. The molecule has 3 N–H and O–H groups in total. The van der Waals surface area contributed by atoms with Crippen LogP contribution in [0.5, 0.6) is 5.75 Å². The quantitative estimate of drug-likeness (QED) is 0.696. The molecule has 2 aromatic carbocycles. The van der Waals surface area contributed by atoms with Crippen molar-refractivity contribution in [2.45, 2.75) is 18.8 Å². The number of nitrogens with one attached hydrogen (secondary N) is 3. The van der Waals surface area contributed by atoms with Gasteiger partial charge < -0.3 is 25.6 Å². The Bertz CT molecular complexity index is 857. The molecule has 2 fully saturated rings. The zero-order valence-electron chi connectivity index (χ0n) is 16.5. The summed E-state index contributed by atoms with van der Waals surface area (Å²) in [6, 6.07) is 15.1. The Balaban J connectivity index is 1.17. The number of amides is 4. The number of urea groups is 2. The van der Waals surface area contributed by atoms with Crippen LogP contribution < -0.4 is 20.7 Å². The molecule has 7 nitrogen and oxygen atoms in total. The molecule has 1 aliphatic heterocycles. The van der Waals surface area contributed by atoms with Crippen molar-refractivity contribution >= 4 is 23.4 Å². The van der Waals surface area contributed by atoms with Gasteiger partial charge in [-0.2, -0.15) is 0 Å². The van der Waals surface area contributed by atoms with Crippen molar-refractivity contribution in [3.8, 4) is 5.75 Å². The van der Waals surface area contributed by atoms with Crippen LogP contribution in [-0.4, -0.2) is 43.7 Å². The second-order valence-corrected chi connectivity index (χ2v) is 7.64. The third-order valence-electron chi connectivity index (χ3n) is 5.28. The van der Waals surface area contributed by atoms with Crippen molar-refractivity contribution in [1.82, 2.24) is 10.2 Å². The summed E-state index contributed by atoms with van der Waals surface area (Å²) >= 11 is 0. The summed E-state index contributed by atoms with van der Waals surface area (Å²) in [5, 5.41) is 8.16. The van der Waals surface area contributed by atoms with Gasteiger partial charge >= 0.3 is 12.1 Å². The number of carbonyl (C=O) groups is 2. The van der Waals surface area contributed by atoms with E-state index in [1.165, 1.54) is 18.4 Å². The van der Waals surface area contributed by atoms with Crippen LogP contribution in [0.1, 0.15) is 24.3 Å². The highest BCUT2D eigenvalue weighted by atomic mass is 16.5. The summed E-state index contributed by atoms with van der Waals surface area (Å²) in [5.41, 5.74) is 2.90. The van der Waals surface area contributed by atoms with Crippen LogP contribution in [0.3, 0.4) is 0 Å². The minimum absolute atomic E-state index is 0.0648. The van der Waals surface area contributed by atoms with Gasteiger partial charge in [-0.3, -0.25) is 0 Å². The summed E-state index contributed by atoms with van der Waals surface area (Å²) in [7, 11) is 1.57. The second kappa shape index (κ2) is 8.43. The van der Waals surface area contributed by atoms with Crippen LogP contribution in [0.2, 0.25) is 0 Å². The number of hydrogen-bond donors (Lipinski definition) is 3. The number of ether oxygens (including phenoxy) is 1. The molecule has 1 heterocycles. The first-order chi connectivity index (χ1) is 14.1. The Kier molecular flexibility index (Phi) is 5.55. The summed E-state index contributed by atoms with van der Waals surface area (Å²) in [5.74, 6) is 1.78. The minimum Gasteiger partial charge on any atom is -0.493 e. The predicted molar refractivity (Wildman–Crippen MR) is 113 cm³/mol. The smallest absolute Gasteiger partial charge is 0.321 e. The van der Waals surface area contributed by atoms with Gasteiger partial charge in [0, 0.05) is 37.4 Å². The minimum atomic E-state index is -0.259. The standard InChI is InChI=1S/C22H26N4O3/c1-23-21(27)24-18-8-10-20(11-9-18)29-14-15-12-26(13-15)22(28)25-19-6-4-17(5-7-19)16-2-3-16/h4-11,15-16H,2-3,12-14H2,1H3,(H,25,28)(H2,23,24,27). The van der Waals surface area contributed by atoms with E-state index >= 15 is 0 Å². The van der Waals surface area contributed by atoms with E-state index in [2.05, 4.69) is 28.1 Å². The molecule has 0 aromatic heterocycles. The monoisotopic (exact) mass is 394 g/mol. The van der Waals surface area contributed by atoms with E-state index in [0.717, 1.165) is 17.4 Å². The fourth-order valence-electron chi connectivity index (χ4n) is 3.34. The van der Waals surface area contributed by atoms with Gasteiger partial charge in [-0.1, -0.05) is 12.1 Å². The van der Waals surface area contributed by atoms with Crippen LogP contribution in [0.25, 0.3) is 0 Å². The first-order valence-electron chi connectivity index (χ1n) is 9.98. The highest BCUT2D eigenvalue weighted by Crippen LogP contribution is 2.40. The van der Waals surface area contributed by atoms with Gasteiger partial charge in [0.1, 0.15) is 5.75 Å². The van der Waals surface area contributed by atoms with Crippen LogP contribution >= 0.6 is 0 Å². The Morgan fingerprint density at radius 2 is 1.59 bits per heavy atom. The first-order valence-corrected chi connectivity index (χ1v) is 9.98. The molecular formula is C22H26N4O3. The third kappa shape index (κ3) is 4.99. The average Bonchev–Trinajstić information content (AvgIpc) is 3.54. The molecule has 0 atom stereocenters. The molecule has 0 radical (unpaired) electrons. The van der Waals surface area contributed by atoms with Crippen LogP contribution in [0.15, 0.2) is 48.5 Å². The van der Waals surface area contributed by atoms with Gasteiger partial charge in [0.15, 0.2) is 0 Å². The summed E-state index contributed by atoms with van der Waals surface area (Å²) in [6.45, 7) is 1.92. The molecule has 0 spiro atoms. The molecule has 4 amide bonds. The number of rotatable bonds is 6. The summed E-state index contributed by atoms with van der Waals surface area (Å²) in [6.07, 6.45) is 2.56. The molecule has 0 bridgehead atoms. The van der Waals surface area contributed by atoms with Crippen molar-refractivity contribution in [2.24, 2.45) is 5.92 Å². The second-order valence-electron chi connectivity index (χ2n) is 7.64. The van der Waals surface area contributed by atoms with E-state index < -0.39 is 0 Å². The van der Waals surface area contributed by atoms with Crippen LogP contribution in [0.4, 0.5) is 21.0 Å². The van der Waals surface area contributed by atoms with E-state index in [1.807, 2.05) is 24.3 Å². The molecule has 2 aliphatic rings. The SMILES string of the molecule is CNC(=O)Nc1ccc(OCC2CN(C(=O)Nc3ccc(C4CC4)cc3)C2)cc1. The fourth-order valence-corrected chi connectivity index (χ4v) is 3.34. The lowest BCUT2D eigenvalue weighted by molar-refractivity contribution is 0.0925. The molecule has 1 saturated carbocycles. The average molecular weight is 394 g/mol. The fraction of sp³-hybridized carbons (Fsp3) is 0.364.